The molecule has 34 heavy (non-hydrogen) atoms. The number of ether oxygens (including phenoxy) is 2. The molecule has 1 aromatic heterocycles. The molecule has 1 saturated heterocycles. The number of benzene rings is 2. The second kappa shape index (κ2) is 10.9. The van der Waals surface area contributed by atoms with E-state index in [-0.39, 0.29) is 24.6 Å². The number of anilines is 3. The first-order chi connectivity index (χ1) is 16.5. The summed E-state index contributed by atoms with van der Waals surface area (Å²) >= 11 is 0. The number of rotatable bonds is 9. The van der Waals surface area contributed by atoms with Crippen molar-refractivity contribution in [3.8, 4) is 5.75 Å². The fraction of sp³-hybridized carbons (Fsp3) is 0.250. The van der Waals surface area contributed by atoms with Crippen LogP contribution in [0.5, 0.6) is 5.75 Å². The maximum Gasteiger partial charge on any atom is 0.254 e. The monoisotopic (exact) mass is 469 g/mol. The summed E-state index contributed by atoms with van der Waals surface area (Å²) in [5.74, 6) is -1.30. The number of primary amides is 1. The van der Waals surface area contributed by atoms with Crippen LogP contribution in [0.25, 0.3) is 0 Å². The molecule has 0 aliphatic carbocycles. The molecule has 8 nitrogen and oxygen atoms in total. The van der Waals surface area contributed by atoms with E-state index in [0.717, 1.165) is 30.5 Å². The summed E-state index contributed by atoms with van der Waals surface area (Å²) in [7, 11) is 0. The Morgan fingerprint density at radius 1 is 1.09 bits per heavy atom. The number of carbonyl (C=O) groups excluding carboxylic acids is 1. The Labute approximate surface area is 195 Å². The first-order valence-corrected chi connectivity index (χ1v) is 10.8. The average Bonchev–Trinajstić information content (AvgIpc) is 2.82. The Kier molecular flexibility index (Phi) is 7.51. The third kappa shape index (κ3) is 6.18. The second-order valence-electron chi connectivity index (χ2n) is 7.69. The molecule has 178 valence electrons. The van der Waals surface area contributed by atoms with Gasteiger partial charge in [-0.25, -0.2) is 13.8 Å². The van der Waals surface area contributed by atoms with Gasteiger partial charge < -0.3 is 25.4 Å². The van der Waals surface area contributed by atoms with Crippen LogP contribution in [0.1, 0.15) is 15.9 Å². The van der Waals surface area contributed by atoms with E-state index in [0.29, 0.717) is 24.6 Å². The summed E-state index contributed by atoms with van der Waals surface area (Å²) in [6.45, 7) is 3.29. The number of morpholine rings is 1. The lowest BCUT2D eigenvalue weighted by molar-refractivity contribution is 0.0995. The van der Waals surface area contributed by atoms with Crippen molar-refractivity contribution in [1.29, 1.82) is 0 Å². The number of amides is 1. The first kappa shape index (κ1) is 23.4. The maximum atomic E-state index is 13.3. The summed E-state index contributed by atoms with van der Waals surface area (Å²) in [5.41, 5.74) is 7.90. The van der Waals surface area contributed by atoms with Gasteiger partial charge >= 0.3 is 0 Å². The molecular formula is C24H25F2N5O3. The molecule has 2 heterocycles. The zero-order valence-electron chi connectivity index (χ0n) is 18.4. The minimum absolute atomic E-state index is 0.0177. The van der Waals surface area contributed by atoms with Gasteiger partial charge in [0.15, 0.2) is 0 Å². The first-order valence-electron chi connectivity index (χ1n) is 10.8. The number of aromatic nitrogens is 1. The summed E-state index contributed by atoms with van der Waals surface area (Å²) in [4.78, 5) is 18.3. The minimum Gasteiger partial charge on any atom is -0.477 e. The summed E-state index contributed by atoms with van der Waals surface area (Å²) in [6.07, 6.45) is 1.34. The molecule has 0 bridgehead atoms. The Bertz CT molecular complexity index is 1120. The van der Waals surface area contributed by atoms with Gasteiger partial charge in [0, 0.05) is 49.3 Å². The third-order valence-corrected chi connectivity index (χ3v) is 5.23. The van der Waals surface area contributed by atoms with Crippen LogP contribution in [-0.2, 0) is 11.3 Å². The number of hydrogen-bond donors (Lipinski definition) is 3. The second-order valence-corrected chi connectivity index (χ2v) is 7.69. The van der Waals surface area contributed by atoms with E-state index in [1.54, 1.807) is 6.07 Å². The molecule has 1 aliphatic heterocycles. The van der Waals surface area contributed by atoms with Crippen molar-refractivity contribution >= 4 is 23.1 Å². The molecule has 0 atom stereocenters. The molecule has 4 rings (SSSR count). The fourth-order valence-electron chi connectivity index (χ4n) is 3.57. The quantitative estimate of drug-likeness (QED) is 0.327. The largest absolute Gasteiger partial charge is 0.477 e. The summed E-state index contributed by atoms with van der Waals surface area (Å²) in [5, 5.41) is 6.09. The van der Waals surface area contributed by atoms with Crippen molar-refractivity contribution < 1.29 is 23.0 Å². The molecule has 1 fully saturated rings. The van der Waals surface area contributed by atoms with E-state index >= 15 is 0 Å². The topological polar surface area (TPSA) is 102 Å². The van der Waals surface area contributed by atoms with Crippen LogP contribution in [0, 0.1) is 11.6 Å². The van der Waals surface area contributed by atoms with Crippen LogP contribution >= 0.6 is 0 Å². The van der Waals surface area contributed by atoms with Crippen LogP contribution in [0.2, 0.25) is 0 Å². The van der Waals surface area contributed by atoms with Crippen molar-refractivity contribution in [2.24, 2.45) is 5.73 Å². The molecule has 0 unspecified atom stereocenters. The van der Waals surface area contributed by atoms with Crippen molar-refractivity contribution in [2.45, 2.75) is 6.54 Å². The van der Waals surface area contributed by atoms with Gasteiger partial charge in [-0.2, -0.15) is 0 Å². The number of halogens is 2. The van der Waals surface area contributed by atoms with Gasteiger partial charge in [0.1, 0.15) is 29.9 Å². The van der Waals surface area contributed by atoms with E-state index in [1.807, 2.05) is 24.3 Å². The van der Waals surface area contributed by atoms with Crippen LogP contribution in [-0.4, -0.2) is 43.9 Å². The van der Waals surface area contributed by atoms with Crippen molar-refractivity contribution in [3.05, 3.63) is 77.5 Å². The maximum absolute atomic E-state index is 13.3. The van der Waals surface area contributed by atoms with E-state index in [1.165, 1.54) is 18.3 Å². The average molecular weight is 469 g/mol. The predicted octanol–water partition coefficient (Wildman–Crippen LogP) is 3.17. The van der Waals surface area contributed by atoms with Crippen molar-refractivity contribution in [3.63, 3.8) is 0 Å². The lowest BCUT2D eigenvalue weighted by Gasteiger charge is -2.28. The molecular weight excluding hydrogens is 444 g/mol. The number of nitrogens with two attached hydrogens (primary N) is 1. The lowest BCUT2D eigenvalue weighted by Crippen LogP contribution is -2.36. The Hall–Kier alpha value is -3.76. The molecule has 1 aliphatic rings. The van der Waals surface area contributed by atoms with Crippen molar-refractivity contribution in [1.82, 2.24) is 10.3 Å². The number of carbonyl (C=O) groups is 1. The van der Waals surface area contributed by atoms with Gasteiger partial charge in [0.25, 0.3) is 5.91 Å². The fourth-order valence-corrected chi connectivity index (χ4v) is 3.57. The van der Waals surface area contributed by atoms with Gasteiger partial charge in [-0.05, 0) is 42.0 Å². The Morgan fingerprint density at radius 2 is 1.79 bits per heavy atom. The van der Waals surface area contributed by atoms with Crippen LogP contribution in [0.3, 0.4) is 0 Å². The normalized spacial score (nSPS) is 13.5. The standard InChI is InChI=1S/C24H25F2N5O3/c25-17-9-16(10-18(26)11-17)13-28-15-34-22-12-23(29-14-21(22)24(27)32)30-19-1-3-20(4-2-19)31-5-7-33-8-6-31/h1-4,9-12,14,28H,5-8,13,15H2,(H2,27,32)(H,29,30). The number of pyridine rings is 1. The van der Waals surface area contributed by atoms with Gasteiger partial charge in [0.2, 0.25) is 0 Å². The lowest BCUT2D eigenvalue weighted by atomic mass is 10.2. The molecule has 10 heteroatoms. The Balaban J connectivity index is 1.38. The van der Waals surface area contributed by atoms with Crippen molar-refractivity contribution in [2.75, 3.05) is 43.3 Å². The smallest absolute Gasteiger partial charge is 0.254 e. The number of nitrogens with one attached hydrogen (secondary N) is 2. The predicted molar refractivity (Wildman–Crippen MR) is 124 cm³/mol. The molecule has 2 aromatic carbocycles. The van der Waals surface area contributed by atoms with Crippen LogP contribution in [0.15, 0.2) is 54.7 Å². The van der Waals surface area contributed by atoms with Gasteiger partial charge in [0.05, 0.1) is 18.8 Å². The zero-order valence-corrected chi connectivity index (χ0v) is 18.4. The highest BCUT2D eigenvalue weighted by molar-refractivity contribution is 5.95. The SMILES string of the molecule is NC(=O)c1cnc(Nc2ccc(N3CCOCC3)cc2)cc1OCNCc1cc(F)cc(F)c1. The molecule has 1 amide bonds. The van der Waals surface area contributed by atoms with Gasteiger partial charge in [-0.15, -0.1) is 0 Å². The highest BCUT2D eigenvalue weighted by Gasteiger charge is 2.13. The highest BCUT2D eigenvalue weighted by Crippen LogP contribution is 2.25. The van der Waals surface area contributed by atoms with Gasteiger partial charge in [-0.1, -0.05) is 0 Å². The summed E-state index contributed by atoms with van der Waals surface area (Å²) < 4.78 is 37.7. The van der Waals surface area contributed by atoms with E-state index < -0.39 is 17.5 Å². The Morgan fingerprint density at radius 3 is 2.47 bits per heavy atom. The van der Waals surface area contributed by atoms with Crippen LogP contribution < -0.4 is 26.0 Å². The van der Waals surface area contributed by atoms with Crippen LogP contribution in [0.4, 0.5) is 26.0 Å². The van der Waals surface area contributed by atoms with E-state index in [2.05, 4.69) is 20.5 Å². The summed E-state index contributed by atoms with van der Waals surface area (Å²) in [6, 6.07) is 12.7. The highest BCUT2D eigenvalue weighted by atomic mass is 19.1. The third-order valence-electron chi connectivity index (χ3n) is 5.23. The molecule has 0 radical (unpaired) electrons. The van der Waals surface area contributed by atoms with E-state index in [9.17, 15) is 13.6 Å². The number of hydrogen-bond acceptors (Lipinski definition) is 7. The molecule has 0 saturated carbocycles. The minimum atomic E-state index is -0.684. The molecule has 3 aromatic rings. The van der Waals surface area contributed by atoms with Gasteiger partial charge in [-0.3, -0.25) is 10.1 Å². The molecule has 4 N–H and O–H groups in total. The van der Waals surface area contributed by atoms with E-state index in [4.69, 9.17) is 15.2 Å². The zero-order chi connectivity index (χ0) is 23.9. The number of nitrogens with zero attached hydrogens (tertiary/aromatic N) is 2. The molecule has 0 spiro atoms.